The van der Waals surface area contributed by atoms with Gasteiger partial charge in [-0.2, -0.15) is 0 Å². The first-order chi connectivity index (χ1) is 8.65. The second-order valence-electron chi connectivity index (χ2n) is 4.04. The molecule has 2 rings (SSSR count). The average molecular weight is 252 g/mol. The molecule has 0 spiro atoms. The zero-order chi connectivity index (χ0) is 13.0. The lowest BCUT2D eigenvalue weighted by Gasteiger charge is -2.19. The van der Waals surface area contributed by atoms with E-state index in [-0.39, 0.29) is 12.6 Å². The molecule has 0 aliphatic carbocycles. The van der Waals surface area contributed by atoms with Crippen LogP contribution in [0.15, 0.2) is 18.2 Å². The van der Waals surface area contributed by atoms with Crippen molar-refractivity contribution in [2.75, 3.05) is 25.1 Å². The minimum atomic E-state index is -0.573. The van der Waals surface area contributed by atoms with Crippen LogP contribution in [-0.2, 0) is 0 Å². The Morgan fingerprint density at radius 2 is 2.11 bits per heavy atom. The number of aliphatic hydroxyl groups is 1. The third-order valence-electron chi connectivity index (χ3n) is 2.36. The summed E-state index contributed by atoms with van der Waals surface area (Å²) < 4.78 is 10.8. The van der Waals surface area contributed by atoms with E-state index < -0.39 is 6.10 Å². The number of carbonyl (C=O) groups is 1. The third kappa shape index (κ3) is 3.27. The van der Waals surface area contributed by atoms with E-state index in [0.29, 0.717) is 30.4 Å². The Kier molecular flexibility index (Phi) is 3.88. The maximum absolute atomic E-state index is 11.5. The molecule has 1 unspecified atom stereocenters. The van der Waals surface area contributed by atoms with E-state index in [9.17, 15) is 4.79 Å². The Hall–Kier alpha value is -1.95. The molecule has 0 bridgehead atoms. The summed E-state index contributed by atoms with van der Waals surface area (Å²) in [5.41, 5.74) is 0.613. The SMILES string of the molecule is CC(O)CNC(=O)Nc1ccc2c(c1)OCCO2. The predicted octanol–water partition coefficient (Wildman–Crippen LogP) is 0.960. The number of carbonyl (C=O) groups excluding carboxylic acids is 1. The summed E-state index contributed by atoms with van der Waals surface area (Å²) in [6.45, 7) is 2.85. The van der Waals surface area contributed by atoms with Crippen molar-refractivity contribution >= 4 is 11.7 Å². The standard InChI is InChI=1S/C12H16N2O4/c1-8(15)7-13-12(16)14-9-2-3-10-11(6-9)18-5-4-17-10/h2-3,6,8,15H,4-5,7H2,1H3,(H2,13,14,16). The second kappa shape index (κ2) is 5.59. The monoisotopic (exact) mass is 252 g/mol. The maximum atomic E-state index is 11.5. The Labute approximate surface area is 105 Å². The Morgan fingerprint density at radius 1 is 1.39 bits per heavy atom. The minimum Gasteiger partial charge on any atom is -0.486 e. The second-order valence-corrected chi connectivity index (χ2v) is 4.04. The number of aliphatic hydroxyl groups excluding tert-OH is 1. The fourth-order valence-electron chi connectivity index (χ4n) is 1.54. The summed E-state index contributed by atoms with van der Waals surface area (Å²) in [7, 11) is 0. The van der Waals surface area contributed by atoms with Crippen molar-refractivity contribution in [3.8, 4) is 11.5 Å². The molecule has 1 aromatic carbocycles. The lowest BCUT2D eigenvalue weighted by atomic mass is 10.2. The van der Waals surface area contributed by atoms with Crippen molar-refractivity contribution in [1.82, 2.24) is 5.32 Å². The van der Waals surface area contributed by atoms with Gasteiger partial charge in [-0.1, -0.05) is 0 Å². The predicted molar refractivity (Wildman–Crippen MR) is 66.1 cm³/mol. The molecule has 6 heteroatoms. The minimum absolute atomic E-state index is 0.205. The van der Waals surface area contributed by atoms with E-state index in [1.807, 2.05) is 0 Å². The van der Waals surface area contributed by atoms with E-state index >= 15 is 0 Å². The number of fused-ring (bicyclic) bond motifs is 1. The van der Waals surface area contributed by atoms with E-state index in [1.54, 1.807) is 25.1 Å². The van der Waals surface area contributed by atoms with Gasteiger partial charge in [0.05, 0.1) is 6.10 Å². The zero-order valence-electron chi connectivity index (χ0n) is 10.1. The van der Waals surface area contributed by atoms with Gasteiger partial charge in [-0.05, 0) is 19.1 Å². The number of urea groups is 1. The Morgan fingerprint density at radius 3 is 2.83 bits per heavy atom. The van der Waals surface area contributed by atoms with Crippen LogP contribution in [0.1, 0.15) is 6.92 Å². The zero-order valence-corrected chi connectivity index (χ0v) is 10.1. The normalized spacial score (nSPS) is 14.8. The fourth-order valence-corrected chi connectivity index (χ4v) is 1.54. The average Bonchev–Trinajstić information content (AvgIpc) is 2.36. The van der Waals surface area contributed by atoms with Gasteiger partial charge in [-0.25, -0.2) is 4.79 Å². The number of ether oxygens (including phenoxy) is 2. The van der Waals surface area contributed by atoms with E-state index in [0.717, 1.165) is 0 Å². The molecule has 1 atom stereocenters. The van der Waals surface area contributed by atoms with Crippen molar-refractivity contribution in [3.05, 3.63) is 18.2 Å². The van der Waals surface area contributed by atoms with Crippen LogP contribution in [0.2, 0.25) is 0 Å². The topological polar surface area (TPSA) is 79.8 Å². The van der Waals surface area contributed by atoms with Gasteiger partial charge in [0.1, 0.15) is 13.2 Å². The molecule has 0 aromatic heterocycles. The fraction of sp³-hybridized carbons (Fsp3) is 0.417. The molecule has 2 amide bonds. The molecule has 0 saturated heterocycles. The van der Waals surface area contributed by atoms with Crippen LogP contribution in [0.3, 0.4) is 0 Å². The molecule has 0 saturated carbocycles. The van der Waals surface area contributed by atoms with Crippen LogP contribution in [0.5, 0.6) is 11.5 Å². The van der Waals surface area contributed by atoms with Crippen LogP contribution in [0, 0.1) is 0 Å². The number of amides is 2. The van der Waals surface area contributed by atoms with Gasteiger partial charge >= 0.3 is 6.03 Å². The number of hydrogen-bond donors (Lipinski definition) is 3. The van der Waals surface area contributed by atoms with E-state index in [4.69, 9.17) is 14.6 Å². The van der Waals surface area contributed by atoms with Gasteiger partial charge in [0.2, 0.25) is 0 Å². The number of nitrogens with one attached hydrogen (secondary N) is 2. The van der Waals surface area contributed by atoms with Gasteiger partial charge in [-0.15, -0.1) is 0 Å². The summed E-state index contributed by atoms with van der Waals surface area (Å²) in [6, 6.07) is 4.82. The van der Waals surface area contributed by atoms with Crippen LogP contribution >= 0.6 is 0 Å². The largest absolute Gasteiger partial charge is 0.486 e. The van der Waals surface area contributed by atoms with Crippen LogP contribution < -0.4 is 20.1 Å². The quantitative estimate of drug-likeness (QED) is 0.748. The van der Waals surface area contributed by atoms with Gasteiger partial charge in [0.25, 0.3) is 0 Å². The summed E-state index contributed by atoms with van der Waals surface area (Å²) in [4.78, 5) is 11.5. The van der Waals surface area contributed by atoms with Crippen molar-refractivity contribution in [2.45, 2.75) is 13.0 Å². The van der Waals surface area contributed by atoms with Crippen LogP contribution in [-0.4, -0.2) is 37.0 Å². The van der Waals surface area contributed by atoms with Crippen molar-refractivity contribution in [1.29, 1.82) is 0 Å². The van der Waals surface area contributed by atoms with Crippen molar-refractivity contribution < 1.29 is 19.4 Å². The third-order valence-corrected chi connectivity index (χ3v) is 2.36. The molecule has 0 fully saturated rings. The maximum Gasteiger partial charge on any atom is 0.319 e. The number of benzene rings is 1. The van der Waals surface area contributed by atoms with Gasteiger partial charge < -0.3 is 25.2 Å². The number of rotatable bonds is 3. The lowest BCUT2D eigenvalue weighted by Crippen LogP contribution is -2.34. The molecule has 1 heterocycles. The summed E-state index contributed by atoms with van der Waals surface area (Å²) in [5.74, 6) is 1.30. The van der Waals surface area contributed by atoms with Gasteiger partial charge in [0.15, 0.2) is 11.5 Å². The molecule has 98 valence electrons. The lowest BCUT2D eigenvalue weighted by molar-refractivity contribution is 0.171. The number of hydrogen-bond acceptors (Lipinski definition) is 4. The van der Waals surface area contributed by atoms with Gasteiger partial charge in [0, 0.05) is 18.3 Å². The molecular weight excluding hydrogens is 236 g/mol. The highest BCUT2D eigenvalue weighted by atomic mass is 16.6. The van der Waals surface area contributed by atoms with E-state index in [2.05, 4.69) is 10.6 Å². The first-order valence-electron chi connectivity index (χ1n) is 5.78. The highest BCUT2D eigenvalue weighted by molar-refractivity contribution is 5.89. The molecule has 18 heavy (non-hydrogen) atoms. The van der Waals surface area contributed by atoms with Crippen LogP contribution in [0.25, 0.3) is 0 Å². The Balaban J connectivity index is 1.95. The molecule has 1 aromatic rings. The molecule has 1 aliphatic heterocycles. The summed E-state index contributed by atoms with van der Waals surface area (Å²) in [5, 5.41) is 14.2. The van der Waals surface area contributed by atoms with Crippen molar-refractivity contribution in [3.63, 3.8) is 0 Å². The highest BCUT2D eigenvalue weighted by Gasteiger charge is 2.12. The molecule has 1 aliphatic rings. The highest BCUT2D eigenvalue weighted by Crippen LogP contribution is 2.32. The molecule has 0 radical (unpaired) electrons. The van der Waals surface area contributed by atoms with Crippen LogP contribution in [0.4, 0.5) is 10.5 Å². The summed E-state index contributed by atoms with van der Waals surface area (Å²) in [6.07, 6.45) is -0.573. The Bertz CT molecular complexity index is 434. The summed E-state index contributed by atoms with van der Waals surface area (Å²) >= 11 is 0. The molecule has 3 N–H and O–H groups in total. The van der Waals surface area contributed by atoms with Crippen molar-refractivity contribution in [2.24, 2.45) is 0 Å². The molecule has 6 nitrogen and oxygen atoms in total. The molecular formula is C12H16N2O4. The first kappa shape index (κ1) is 12.5. The van der Waals surface area contributed by atoms with E-state index in [1.165, 1.54) is 0 Å². The number of anilines is 1. The smallest absolute Gasteiger partial charge is 0.319 e. The first-order valence-corrected chi connectivity index (χ1v) is 5.78. The van der Waals surface area contributed by atoms with Gasteiger partial charge in [-0.3, -0.25) is 0 Å².